The summed E-state index contributed by atoms with van der Waals surface area (Å²) in [7, 11) is 1.63. The van der Waals surface area contributed by atoms with Gasteiger partial charge in [-0.2, -0.15) is 0 Å². The second-order valence-corrected chi connectivity index (χ2v) is 8.26. The van der Waals surface area contributed by atoms with Crippen molar-refractivity contribution in [2.45, 2.75) is 6.42 Å². The first-order valence-electron chi connectivity index (χ1n) is 8.80. The molecule has 0 bridgehead atoms. The van der Waals surface area contributed by atoms with E-state index in [1.165, 1.54) is 11.8 Å². The van der Waals surface area contributed by atoms with E-state index < -0.39 is 5.97 Å². The summed E-state index contributed by atoms with van der Waals surface area (Å²) in [5.74, 6) is -0.157. The topological polar surface area (TPSA) is 55.8 Å². The largest absolute Gasteiger partial charge is 0.423 e. The number of carbonyl (C=O) groups is 2. The number of benzene rings is 2. The molecule has 8 heteroatoms. The van der Waals surface area contributed by atoms with E-state index in [1.807, 2.05) is 0 Å². The monoisotopic (exact) mass is 447 g/mol. The van der Waals surface area contributed by atoms with Gasteiger partial charge in [-0.3, -0.25) is 9.69 Å². The Morgan fingerprint density at radius 3 is 2.52 bits per heavy atom. The van der Waals surface area contributed by atoms with Crippen LogP contribution in [0.3, 0.4) is 0 Å². The fourth-order valence-electron chi connectivity index (χ4n) is 2.60. The number of thiocarbonyl (C=S) groups is 1. The first-order chi connectivity index (χ1) is 14.0. The molecule has 1 amide bonds. The van der Waals surface area contributed by atoms with Crippen LogP contribution in [0.2, 0.25) is 5.02 Å². The van der Waals surface area contributed by atoms with E-state index in [2.05, 4.69) is 0 Å². The molecule has 2 aromatic rings. The van der Waals surface area contributed by atoms with E-state index >= 15 is 0 Å². The van der Waals surface area contributed by atoms with Gasteiger partial charge >= 0.3 is 5.97 Å². The van der Waals surface area contributed by atoms with Crippen LogP contribution in [-0.2, 0) is 9.53 Å². The molecule has 0 unspecified atom stereocenters. The van der Waals surface area contributed by atoms with Crippen molar-refractivity contribution in [2.24, 2.45) is 0 Å². The van der Waals surface area contributed by atoms with E-state index in [-0.39, 0.29) is 5.91 Å². The molecule has 1 aliphatic rings. The van der Waals surface area contributed by atoms with Crippen molar-refractivity contribution < 1.29 is 19.1 Å². The lowest BCUT2D eigenvalue weighted by Gasteiger charge is -2.13. The Balaban J connectivity index is 1.64. The molecule has 1 fully saturated rings. The maximum absolute atomic E-state index is 12.5. The lowest BCUT2D eigenvalue weighted by Crippen LogP contribution is -2.29. The number of nitrogens with zero attached hydrogens (tertiary/aromatic N) is 1. The molecular weight excluding hydrogens is 430 g/mol. The molecule has 0 spiro atoms. The Morgan fingerprint density at radius 1 is 1.17 bits per heavy atom. The molecule has 1 saturated heterocycles. The van der Waals surface area contributed by atoms with Crippen LogP contribution in [-0.4, -0.2) is 41.4 Å². The number of carbonyl (C=O) groups excluding carboxylic acids is 2. The third-order valence-corrected chi connectivity index (χ3v) is 5.70. The van der Waals surface area contributed by atoms with E-state index in [9.17, 15) is 9.59 Å². The maximum atomic E-state index is 12.5. The Morgan fingerprint density at radius 2 is 1.86 bits per heavy atom. The van der Waals surface area contributed by atoms with E-state index in [4.69, 9.17) is 33.3 Å². The molecule has 0 atom stereocenters. The Hall–Kier alpha value is -2.19. The highest BCUT2D eigenvalue weighted by Gasteiger charge is 2.31. The van der Waals surface area contributed by atoms with Gasteiger partial charge in [0.05, 0.1) is 10.5 Å². The molecule has 1 heterocycles. The van der Waals surface area contributed by atoms with Crippen molar-refractivity contribution in [1.29, 1.82) is 0 Å². The van der Waals surface area contributed by atoms with Crippen molar-refractivity contribution in [2.75, 3.05) is 20.3 Å². The molecule has 0 N–H and O–H groups in total. The van der Waals surface area contributed by atoms with Crippen LogP contribution in [0, 0.1) is 0 Å². The van der Waals surface area contributed by atoms with Gasteiger partial charge in [0.2, 0.25) is 0 Å². The lowest BCUT2D eigenvalue weighted by atomic mass is 10.2. The minimum Gasteiger partial charge on any atom is -0.423 e. The summed E-state index contributed by atoms with van der Waals surface area (Å²) in [4.78, 5) is 26.9. The van der Waals surface area contributed by atoms with Crippen LogP contribution in [0.25, 0.3) is 6.08 Å². The number of ether oxygens (including phenoxy) is 2. The smallest absolute Gasteiger partial charge is 0.343 e. The van der Waals surface area contributed by atoms with E-state index in [0.717, 1.165) is 12.0 Å². The number of halogens is 1. The molecule has 0 radical (unpaired) electrons. The lowest BCUT2D eigenvalue weighted by molar-refractivity contribution is -0.122. The zero-order valence-corrected chi connectivity index (χ0v) is 18.0. The molecule has 2 aromatic carbocycles. The van der Waals surface area contributed by atoms with Gasteiger partial charge in [-0.05, 0) is 54.5 Å². The van der Waals surface area contributed by atoms with Crippen molar-refractivity contribution in [1.82, 2.24) is 4.90 Å². The van der Waals surface area contributed by atoms with Crippen molar-refractivity contribution >= 4 is 57.9 Å². The predicted molar refractivity (Wildman–Crippen MR) is 119 cm³/mol. The highest BCUT2D eigenvalue weighted by molar-refractivity contribution is 8.26. The number of thioether (sulfide) groups is 1. The molecule has 3 rings (SSSR count). The van der Waals surface area contributed by atoms with Gasteiger partial charge in [-0.15, -0.1) is 0 Å². The highest BCUT2D eigenvalue weighted by atomic mass is 35.5. The molecular formula is C21H18ClNO4S2. The summed E-state index contributed by atoms with van der Waals surface area (Å²) in [6.07, 6.45) is 2.50. The maximum Gasteiger partial charge on any atom is 0.343 e. The second-order valence-electron chi connectivity index (χ2n) is 6.15. The number of hydrogen-bond acceptors (Lipinski definition) is 6. The molecule has 0 aliphatic carbocycles. The average molecular weight is 448 g/mol. The van der Waals surface area contributed by atoms with Crippen LogP contribution < -0.4 is 4.74 Å². The summed E-state index contributed by atoms with van der Waals surface area (Å²) >= 11 is 12.4. The Bertz CT molecular complexity index is 942. The minimum absolute atomic E-state index is 0.102. The second kappa shape index (κ2) is 10.0. The third-order valence-electron chi connectivity index (χ3n) is 4.07. The highest BCUT2D eigenvalue weighted by Crippen LogP contribution is 2.32. The van der Waals surface area contributed by atoms with Gasteiger partial charge in [0.25, 0.3) is 5.91 Å². The van der Waals surface area contributed by atoms with Crippen LogP contribution in [0.4, 0.5) is 0 Å². The summed E-state index contributed by atoms with van der Waals surface area (Å²) < 4.78 is 10.9. The van der Waals surface area contributed by atoms with Gasteiger partial charge in [0.15, 0.2) is 0 Å². The zero-order valence-electron chi connectivity index (χ0n) is 15.6. The van der Waals surface area contributed by atoms with E-state index in [1.54, 1.807) is 66.6 Å². The fraction of sp³-hybridized carbons (Fsp3) is 0.190. The molecule has 150 valence electrons. The van der Waals surface area contributed by atoms with Crippen LogP contribution in [0.15, 0.2) is 53.4 Å². The Kier molecular flexibility index (Phi) is 7.44. The summed E-state index contributed by atoms with van der Waals surface area (Å²) in [5, 5.41) is 0.551. The number of hydrogen-bond donors (Lipinski definition) is 0. The SMILES string of the molecule is COCCCN1C(=O)C(=Cc2ccc(OC(=O)c3ccc(Cl)cc3)cc2)SC1=S. The third kappa shape index (κ3) is 5.67. The Labute approximate surface area is 183 Å². The quantitative estimate of drug-likeness (QED) is 0.200. The first kappa shape index (κ1) is 21.5. The normalized spacial score (nSPS) is 15.2. The summed E-state index contributed by atoms with van der Waals surface area (Å²) in [6, 6.07) is 13.4. The molecule has 5 nitrogen and oxygen atoms in total. The molecule has 0 aromatic heterocycles. The molecule has 0 saturated carbocycles. The predicted octanol–water partition coefficient (Wildman–Crippen LogP) is 4.80. The average Bonchev–Trinajstić information content (AvgIpc) is 2.97. The summed E-state index contributed by atoms with van der Waals surface area (Å²) in [5.41, 5.74) is 1.23. The number of amides is 1. The molecule has 1 aliphatic heterocycles. The summed E-state index contributed by atoms with van der Waals surface area (Å²) in [6.45, 7) is 1.11. The van der Waals surface area contributed by atoms with Crippen LogP contribution in [0.1, 0.15) is 22.3 Å². The number of methoxy groups -OCH3 is 1. The van der Waals surface area contributed by atoms with E-state index in [0.29, 0.717) is 38.7 Å². The van der Waals surface area contributed by atoms with Gasteiger partial charge in [-0.25, -0.2) is 4.79 Å². The van der Waals surface area contributed by atoms with Crippen molar-refractivity contribution in [3.8, 4) is 5.75 Å². The first-order valence-corrected chi connectivity index (χ1v) is 10.4. The fourth-order valence-corrected chi connectivity index (χ4v) is 4.03. The number of esters is 1. The van der Waals surface area contributed by atoms with Crippen molar-refractivity contribution in [3.05, 3.63) is 69.6 Å². The van der Waals surface area contributed by atoms with Gasteiger partial charge < -0.3 is 9.47 Å². The van der Waals surface area contributed by atoms with Gasteiger partial charge in [0, 0.05) is 25.3 Å². The zero-order chi connectivity index (χ0) is 20.8. The van der Waals surface area contributed by atoms with Crippen LogP contribution >= 0.6 is 35.6 Å². The minimum atomic E-state index is -0.466. The van der Waals surface area contributed by atoms with Gasteiger partial charge in [0.1, 0.15) is 10.1 Å². The molecule has 29 heavy (non-hydrogen) atoms. The van der Waals surface area contributed by atoms with Crippen molar-refractivity contribution in [3.63, 3.8) is 0 Å². The van der Waals surface area contributed by atoms with Gasteiger partial charge in [-0.1, -0.05) is 47.7 Å². The number of rotatable bonds is 7. The van der Waals surface area contributed by atoms with Crippen LogP contribution in [0.5, 0.6) is 5.75 Å². The standard InChI is InChI=1S/C21H18ClNO4S2/c1-26-12-2-11-23-19(24)18(29-21(23)28)13-14-3-9-17(10-4-14)27-20(25)15-5-7-16(22)8-6-15/h3-10,13H,2,11-12H2,1H3.